The molecule has 2 aromatic carbocycles. The first-order valence-electron chi connectivity index (χ1n) is 8.64. The third-order valence-electron chi connectivity index (χ3n) is 4.52. The van der Waals surface area contributed by atoms with Crippen molar-refractivity contribution in [2.45, 2.75) is 6.92 Å². The monoisotopic (exact) mass is 357 g/mol. The van der Waals surface area contributed by atoms with E-state index in [1.54, 1.807) is 31.6 Å². The molecule has 0 saturated heterocycles. The zero-order chi connectivity index (χ0) is 18.8. The van der Waals surface area contributed by atoms with Crippen LogP contribution in [0.5, 0.6) is 5.75 Å². The Kier molecular flexibility index (Phi) is 4.34. The highest BCUT2D eigenvalue weighted by Gasteiger charge is 2.11. The first-order chi connectivity index (χ1) is 13.2. The lowest BCUT2D eigenvalue weighted by molar-refractivity contribution is 0.102. The van der Waals surface area contributed by atoms with Crippen LogP contribution in [0.3, 0.4) is 0 Å². The first kappa shape index (κ1) is 16.8. The van der Waals surface area contributed by atoms with Crippen molar-refractivity contribution in [2.24, 2.45) is 0 Å². The number of anilines is 1. The van der Waals surface area contributed by atoms with E-state index >= 15 is 0 Å². The van der Waals surface area contributed by atoms with E-state index in [1.165, 1.54) is 0 Å². The second kappa shape index (κ2) is 6.96. The Bertz CT molecular complexity index is 1100. The summed E-state index contributed by atoms with van der Waals surface area (Å²) in [6.45, 7) is 2.07. The lowest BCUT2D eigenvalue weighted by Gasteiger charge is -2.11. The fourth-order valence-electron chi connectivity index (χ4n) is 3.25. The molecule has 0 aliphatic carbocycles. The lowest BCUT2D eigenvalue weighted by Crippen LogP contribution is -2.12. The molecule has 0 fully saturated rings. The van der Waals surface area contributed by atoms with Gasteiger partial charge >= 0.3 is 0 Å². The van der Waals surface area contributed by atoms with Crippen LogP contribution < -0.4 is 10.1 Å². The summed E-state index contributed by atoms with van der Waals surface area (Å²) >= 11 is 0. The SMILES string of the molecule is COc1cccc2c1cc(C)n2-c1ccc(NC(=O)c2cccnc2)cc1. The number of aromatic nitrogens is 2. The molecule has 4 aromatic rings. The molecule has 5 nitrogen and oxygen atoms in total. The largest absolute Gasteiger partial charge is 0.496 e. The van der Waals surface area contributed by atoms with Crippen LogP contribution in [0.4, 0.5) is 5.69 Å². The van der Waals surface area contributed by atoms with Gasteiger partial charge < -0.3 is 14.6 Å². The van der Waals surface area contributed by atoms with E-state index in [2.05, 4.69) is 33.9 Å². The van der Waals surface area contributed by atoms with E-state index in [0.29, 0.717) is 5.56 Å². The van der Waals surface area contributed by atoms with Crippen LogP contribution in [-0.4, -0.2) is 22.6 Å². The van der Waals surface area contributed by atoms with Gasteiger partial charge in [0.15, 0.2) is 0 Å². The minimum absolute atomic E-state index is 0.178. The summed E-state index contributed by atoms with van der Waals surface area (Å²) < 4.78 is 7.64. The van der Waals surface area contributed by atoms with Crippen LogP contribution >= 0.6 is 0 Å². The van der Waals surface area contributed by atoms with Crippen molar-refractivity contribution in [3.63, 3.8) is 0 Å². The Morgan fingerprint density at radius 3 is 2.59 bits per heavy atom. The van der Waals surface area contributed by atoms with E-state index < -0.39 is 0 Å². The number of pyridine rings is 1. The van der Waals surface area contributed by atoms with Gasteiger partial charge in [0.25, 0.3) is 5.91 Å². The zero-order valence-electron chi connectivity index (χ0n) is 15.1. The Hall–Kier alpha value is -3.60. The van der Waals surface area contributed by atoms with Crippen molar-refractivity contribution in [3.05, 3.63) is 84.3 Å². The number of rotatable bonds is 4. The van der Waals surface area contributed by atoms with Gasteiger partial charge in [0.05, 0.1) is 18.2 Å². The highest BCUT2D eigenvalue weighted by atomic mass is 16.5. The highest BCUT2D eigenvalue weighted by molar-refractivity contribution is 6.04. The summed E-state index contributed by atoms with van der Waals surface area (Å²) in [6.07, 6.45) is 3.19. The van der Waals surface area contributed by atoms with Crippen LogP contribution in [0.25, 0.3) is 16.6 Å². The minimum atomic E-state index is -0.178. The lowest BCUT2D eigenvalue weighted by atomic mass is 10.2. The predicted molar refractivity (Wildman–Crippen MR) is 107 cm³/mol. The Morgan fingerprint density at radius 2 is 1.89 bits per heavy atom. The molecule has 2 heterocycles. The maximum Gasteiger partial charge on any atom is 0.257 e. The molecule has 0 aliphatic rings. The molecule has 0 radical (unpaired) electrons. The predicted octanol–water partition coefficient (Wildman–Crippen LogP) is 4.59. The Morgan fingerprint density at radius 1 is 1.07 bits per heavy atom. The smallest absolute Gasteiger partial charge is 0.257 e. The maximum absolute atomic E-state index is 12.3. The highest BCUT2D eigenvalue weighted by Crippen LogP contribution is 2.31. The summed E-state index contributed by atoms with van der Waals surface area (Å²) in [5.74, 6) is 0.679. The van der Waals surface area contributed by atoms with E-state index in [1.807, 2.05) is 36.4 Å². The molecule has 1 amide bonds. The molecular weight excluding hydrogens is 338 g/mol. The third kappa shape index (κ3) is 3.15. The Labute approximate surface area is 157 Å². The summed E-state index contributed by atoms with van der Waals surface area (Å²) in [5.41, 5.74) is 4.48. The number of nitrogens with zero attached hydrogens (tertiary/aromatic N) is 2. The molecule has 4 rings (SSSR count). The normalized spacial score (nSPS) is 10.7. The van der Waals surface area contributed by atoms with Gasteiger partial charge in [-0.15, -0.1) is 0 Å². The number of carbonyl (C=O) groups is 1. The first-order valence-corrected chi connectivity index (χ1v) is 8.64. The van der Waals surface area contributed by atoms with Gasteiger partial charge in [-0.1, -0.05) is 6.07 Å². The molecule has 0 saturated carbocycles. The van der Waals surface area contributed by atoms with Gasteiger partial charge in [-0.05, 0) is 61.5 Å². The molecule has 5 heteroatoms. The van der Waals surface area contributed by atoms with Crippen LogP contribution in [-0.2, 0) is 0 Å². The number of carbonyl (C=O) groups excluding carboxylic acids is 1. The van der Waals surface area contributed by atoms with E-state index in [4.69, 9.17) is 4.74 Å². The number of methoxy groups -OCH3 is 1. The third-order valence-corrected chi connectivity index (χ3v) is 4.52. The number of aryl methyl sites for hydroxylation is 1. The maximum atomic E-state index is 12.3. The molecule has 0 aliphatic heterocycles. The van der Waals surface area contributed by atoms with E-state index in [-0.39, 0.29) is 5.91 Å². The number of nitrogens with one attached hydrogen (secondary N) is 1. The van der Waals surface area contributed by atoms with Crippen LogP contribution in [0.1, 0.15) is 16.1 Å². The van der Waals surface area contributed by atoms with Gasteiger partial charge in [0.1, 0.15) is 5.75 Å². The van der Waals surface area contributed by atoms with Gasteiger partial charge in [-0.2, -0.15) is 0 Å². The van der Waals surface area contributed by atoms with Crippen molar-refractivity contribution in [1.82, 2.24) is 9.55 Å². The second-order valence-electron chi connectivity index (χ2n) is 6.26. The number of benzene rings is 2. The molecule has 0 unspecified atom stereocenters. The second-order valence-corrected chi connectivity index (χ2v) is 6.26. The van der Waals surface area contributed by atoms with Crippen LogP contribution in [0.15, 0.2) is 73.1 Å². The van der Waals surface area contributed by atoms with Crippen molar-refractivity contribution in [1.29, 1.82) is 0 Å². The fraction of sp³-hybridized carbons (Fsp3) is 0.0909. The van der Waals surface area contributed by atoms with Crippen LogP contribution in [0, 0.1) is 6.92 Å². The summed E-state index contributed by atoms with van der Waals surface area (Å²) in [5, 5.41) is 3.97. The summed E-state index contributed by atoms with van der Waals surface area (Å²) in [6, 6.07) is 19.4. The average molecular weight is 357 g/mol. The number of hydrogen-bond donors (Lipinski definition) is 1. The zero-order valence-corrected chi connectivity index (χ0v) is 15.1. The van der Waals surface area contributed by atoms with Crippen molar-refractivity contribution in [3.8, 4) is 11.4 Å². The summed E-state index contributed by atoms with van der Waals surface area (Å²) in [7, 11) is 1.68. The van der Waals surface area contributed by atoms with Crippen molar-refractivity contribution >= 4 is 22.5 Å². The standard InChI is InChI=1S/C22H19N3O2/c1-15-13-19-20(6-3-7-21(19)27-2)25(15)18-10-8-17(9-11-18)24-22(26)16-5-4-12-23-14-16/h3-14H,1-2H3,(H,24,26). The van der Waals surface area contributed by atoms with Gasteiger partial charge in [0, 0.05) is 34.8 Å². The van der Waals surface area contributed by atoms with Crippen molar-refractivity contribution in [2.75, 3.05) is 12.4 Å². The number of ether oxygens (including phenoxy) is 1. The molecule has 0 spiro atoms. The molecular formula is C22H19N3O2. The number of amides is 1. The minimum Gasteiger partial charge on any atom is -0.496 e. The van der Waals surface area contributed by atoms with Gasteiger partial charge in [0.2, 0.25) is 0 Å². The number of hydrogen-bond acceptors (Lipinski definition) is 3. The quantitative estimate of drug-likeness (QED) is 0.581. The van der Waals surface area contributed by atoms with E-state index in [0.717, 1.165) is 33.7 Å². The average Bonchev–Trinajstić information content (AvgIpc) is 3.05. The molecule has 2 aromatic heterocycles. The van der Waals surface area contributed by atoms with Gasteiger partial charge in [-0.3, -0.25) is 9.78 Å². The van der Waals surface area contributed by atoms with E-state index in [9.17, 15) is 4.79 Å². The van der Waals surface area contributed by atoms with Gasteiger partial charge in [-0.25, -0.2) is 0 Å². The molecule has 134 valence electrons. The molecule has 27 heavy (non-hydrogen) atoms. The Balaban J connectivity index is 1.64. The fourth-order valence-corrected chi connectivity index (χ4v) is 3.25. The molecule has 1 N–H and O–H groups in total. The van der Waals surface area contributed by atoms with Crippen LogP contribution in [0.2, 0.25) is 0 Å². The molecule has 0 atom stereocenters. The topological polar surface area (TPSA) is 56.1 Å². The number of fused-ring (bicyclic) bond motifs is 1. The summed E-state index contributed by atoms with van der Waals surface area (Å²) in [4.78, 5) is 16.2. The molecule has 0 bridgehead atoms. The van der Waals surface area contributed by atoms with Crippen molar-refractivity contribution < 1.29 is 9.53 Å².